The number of aliphatic hydroxyl groups is 1. The molecule has 1 N–H and O–H groups in total. The Morgan fingerprint density at radius 2 is 1.78 bits per heavy atom. The third kappa shape index (κ3) is 4.43. The SMILES string of the molecule is COc1ccc(CN(Cc2oc3ccccc3c2C)CC(C)O)cc1OC. The van der Waals surface area contributed by atoms with E-state index in [-0.39, 0.29) is 0 Å². The summed E-state index contributed by atoms with van der Waals surface area (Å²) in [6.07, 6.45) is -0.435. The van der Waals surface area contributed by atoms with Crippen LogP contribution in [0.25, 0.3) is 11.0 Å². The largest absolute Gasteiger partial charge is 0.493 e. The molecule has 144 valence electrons. The van der Waals surface area contributed by atoms with E-state index in [1.165, 1.54) is 0 Å². The fourth-order valence-corrected chi connectivity index (χ4v) is 3.37. The van der Waals surface area contributed by atoms with E-state index in [1.807, 2.05) is 36.4 Å². The van der Waals surface area contributed by atoms with Crippen molar-refractivity contribution in [2.24, 2.45) is 0 Å². The molecule has 0 saturated heterocycles. The van der Waals surface area contributed by atoms with Gasteiger partial charge in [0.1, 0.15) is 11.3 Å². The smallest absolute Gasteiger partial charge is 0.161 e. The summed E-state index contributed by atoms with van der Waals surface area (Å²) in [5, 5.41) is 11.1. The molecule has 5 nitrogen and oxygen atoms in total. The van der Waals surface area contributed by atoms with Crippen molar-refractivity contribution in [3.05, 3.63) is 59.4 Å². The fraction of sp³-hybridized carbons (Fsp3) is 0.364. The Bertz CT molecular complexity index is 900. The van der Waals surface area contributed by atoms with Crippen LogP contribution in [0.15, 0.2) is 46.9 Å². The van der Waals surface area contributed by atoms with Gasteiger partial charge in [-0.1, -0.05) is 24.3 Å². The van der Waals surface area contributed by atoms with Crippen molar-refractivity contribution in [3.8, 4) is 11.5 Å². The molecule has 3 rings (SSSR count). The molecular formula is C22H27NO4. The Labute approximate surface area is 160 Å². The molecule has 0 amide bonds. The third-order valence-corrected chi connectivity index (χ3v) is 4.69. The number of nitrogens with zero attached hydrogens (tertiary/aromatic N) is 1. The highest BCUT2D eigenvalue weighted by atomic mass is 16.5. The molecule has 5 heteroatoms. The summed E-state index contributed by atoms with van der Waals surface area (Å²) < 4.78 is 16.8. The Morgan fingerprint density at radius 3 is 2.44 bits per heavy atom. The van der Waals surface area contributed by atoms with Gasteiger partial charge in [0.2, 0.25) is 0 Å². The minimum Gasteiger partial charge on any atom is -0.493 e. The van der Waals surface area contributed by atoms with Crippen LogP contribution in [-0.2, 0) is 13.1 Å². The normalized spacial score (nSPS) is 12.5. The van der Waals surface area contributed by atoms with E-state index in [9.17, 15) is 5.11 Å². The zero-order valence-corrected chi connectivity index (χ0v) is 16.4. The summed E-state index contributed by atoms with van der Waals surface area (Å²) >= 11 is 0. The molecule has 2 aromatic carbocycles. The first-order valence-electron chi connectivity index (χ1n) is 9.10. The molecule has 0 spiro atoms. The highest BCUT2D eigenvalue weighted by molar-refractivity contribution is 5.81. The second kappa shape index (κ2) is 8.46. The van der Waals surface area contributed by atoms with Crippen LogP contribution in [0.2, 0.25) is 0 Å². The van der Waals surface area contributed by atoms with Crippen molar-refractivity contribution in [1.82, 2.24) is 4.90 Å². The summed E-state index contributed by atoms with van der Waals surface area (Å²) in [6.45, 7) is 5.72. The van der Waals surface area contributed by atoms with Crippen LogP contribution < -0.4 is 9.47 Å². The molecule has 0 fully saturated rings. The van der Waals surface area contributed by atoms with Gasteiger partial charge in [0.25, 0.3) is 0 Å². The van der Waals surface area contributed by atoms with E-state index >= 15 is 0 Å². The molecular weight excluding hydrogens is 342 g/mol. The lowest BCUT2D eigenvalue weighted by atomic mass is 10.1. The monoisotopic (exact) mass is 369 g/mol. The molecule has 0 saturated carbocycles. The maximum atomic E-state index is 9.95. The fourth-order valence-electron chi connectivity index (χ4n) is 3.37. The topological polar surface area (TPSA) is 55.1 Å². The van der Waals surface area contributed by atoms with E-state index in [4.69, 9.17) is 13.9 Å². The lowest BCUT2D eigenvalue weighted by Crippen LogP contribution is -2.30. The van der Waals surface area contributed by atoms with Crippen LogP contribution in [0.4, 0.5) is 0 Å². The Hall–Kier alpha value is -2.50. The van der Waals surface area contributed by atoms with Gasteiger partial charge >= 0.3 is 0 Å². The van der Waals surface area contributed by atoms with Gasteiger partial charge in [-0.2, -0.15) is 0 Å². The molecule has 0 radical (unpaired) electrons. The predicted molar refractivity (Wildman–Crippen MR) is 106 cm³/mol. The minimum absolute atomic E-state index is 0.435. The van der Waals surface area contributed by atoms with Crippen molar-refractivity contribution in [3.63, 3.8) is 0 Å². The van der Waals surface area contributed by atoms with Crippen LogP contribution >= 0.6 is 0 Å². The second-order valence-corrected chi connectivity index (χ2v) is 6.85. The zero-order chi connectivity index (χ0) is 19.4. The number of methoxy groups -OCH3 is 2. The van der Waals surface area contributed by atoms with Crippen LogP contribution in [-0.4, -0.2) is 36.9 Å². The maximum absolute atomic E-state index is 9.95. The second-order valence-electron chi connectivity index (χ2n) is 6.85. The number of fused-ring (bicyclic) bond motifs is 1. The van der Waals surface area contributed by atoms with E-state index in [2.05, 4.69) is 17.9 Å². The first-order valence-corrected chi connectivity index (χ1v) is 9.10. The van der Waals surface area contributed by atoms with Crippen molar-refractivity contribution in [2.75, 3.05) is 20.8 Å². The summed E-state index contributed by atoms with van der Waals surface area (Å²) in [7, 11) is 3.26. The van der Waals surface area contributed by atoms with E-state index in [0.717, 1.165) is 27.9 Å². The van der Waals surface area contributed by atoms with Gasteiger partial charge in [0.05, 0.1) is 26.9 Å². The summed E-state index contributed by atoms with van der Waals surface area (Å²) in [4.78, 5) is 2.18. The standard InChI is InChI=1S/C22H27NO4/c1-15(24)12-23(13-17-9-10-20(25-3)21(11-17)26-4)14-22-16(2)18-7-5-6-8-19(18)27-22/h5-11,15,24H,12-14H2,1-4H3. The number of furan rings is 1. The maximum Gasteiger partial charge on any atom is 0.161 e. The van der Waals surface area contributed by atoms with Crippen molar-refractivity contribution < 1.29 is 19.0 Å². The van der Waals surface area contributed by atoms with Crippen molar-refractivity contribution in [1.29, 1.82) is 0 Å². The molecule has 1 unspecified atom stereocenters. The Morgan fingerprint density at radius 1 is 1.04 bits per heavy atom. The van der Waals surface area contributed by atoms with Crippen molar-refractivity contribution in [2.45, 2.75) is 33.0 Å². The van der Waals surface area contributed by atoms with Crippen LogP contribution in [0, 0.1) is 6.92 Å². The number of hydrogen-bond acceptors (Lipinski definition) is 5. The van der Waals surface area contributed by atoms with Gasteiger partial charge in [-0.25, -0.2) is 0 Å². The van der Waals surface area contributed by atoms with E-state index < -0.39 is 6.10 Å². The number of benzene rings is 2. The van der Waals surface area contributed by atoms with Crippen LogP contribution in [0.3, 0.4) is 0 Å². The minimum atomic E-state index is -0.435. The van der Waals surface area contributed by atoms with E-state index in [0.29, 0.717) is 31.1 Å². The van der Waals surface area contributed by atoms with Gasteiger partial charge in [-0.05, 0) is 43.2 Å². The molecule has 1 heterocycles. The van der Waals surface area contributed by atoms with Gasteiger partial charge in [0.15, 0.2) is 11.5 Å². The van der Waals surface area contributed by atoms with Gasteiger partial charge in [-0.3, -0.25) is 4.90 Å². The molecule has 0 bridgehead atoms. The Balaban J connectivity index is 1.84. The summed E-state index contributed by atoms with van der Waals surface area (Å²) in [5.74, 6) is 2.33. The Kier molecular flexibility index (Phi) is 6.04. The number of hydrogen-bond donors (Lipinski definition) is 1. The van der Waals surface area contributed by atoms with Crippen LogP contribution in [0.1, 0.15) is 23.8 Å². The van der Waals surface area contributed by atoms with Gasteiger partial charge in [-0.15, -0.1) is 0 Å². The van der Waals surface area contributed by atoms with Crippen molar-refractivity contribution >= 4 is 11.0 Å². The third-order valence-electron chi connectivity index (χ3n) is 4.69. The number of aryl methyl sites for hydroxylation is 1. The summed E-state index contributed by atoms with van der Waals surface area (Å²) in [6, 6.07) is 13.9. The molecule has 0 aliphatic carbocycles. The average Bonchev–Trinajstić information content (AvgIpc) is 2.97. The first kappa shape index (κ1) is 19.3. The summed E-state index contributed by atoms with van der Waals surface area (Å²) in [5.41, 5.74) is 3.13. The zero-order valence-electron chi connectivity index (χ0n) is 16.4. The lowest BCUT2D eigenvalue weighted by molar-refractivity contribution is 0.113. The lowest BCUT2D eigenvalue weighted by Gasteiger charge is -2.23. The molecule has 1 atom stereocenters. The highest BCUT2D eigenvalue weighted by Crippen LogP contribution is 2.29. The predicted octanol–water partition coefficient (Wildman–Crippen LogP) is 4.14. The number of ether oxygens (including phenoxy) is 2. The van der Waals surface area contributed by atoms with Gasteiger partial charge < -0.3 is 19.0 Å². The molecule has 1 aromatic heterocycles. The van der Waals surface area contributed by atoms with Gasteiger partial charge in [0, 0.05) is 18.5 Å². The molecule has 0 aliphatic heterocycles. The number of aliphatic hydroxyl groups excluding tert-OH is 1. The number of rotatable bonds is 8. The highest BCUT2D eigenvalue weighted by Gasteiger charge is 2.17. The average molecular weight is 369 g/mol. The first-order chi connectivity index (χ1) is 13.0. The van der Waals surface area contributed by atoms with E-state index in [1.54, 1.807) is 21.1 Å². The molecule has 3 aromatic rings. The molecule has 0 aliphatic rings. The quantitative estimate of drug-likeness (QED) is 0.647. The number of para-hydroxylation sites is 1. The molecule has 27 heavy (non-hydrogen) atoms. The van der Waals surface area contributed by atoms with Crippen LogP contribution in [0.5, 0.6) is 11.5 Å².